The standard InChI is InChI=1S/C13H24N2O/c1-2-15(6-5-14)13(16)9-12-8-10-3-4-11(12)7-10/h10-12H,2-9,14H2,1H3. The number of hydrogen-bond acceptors (Lipinski definition) is 2. The summed E-state index contributed by atoms with van der Waals surface area (Å²) in [6.45, 7) is 4.14. The number of nitrogens with zero attached hydrogens (tertiary/aromatic N) is 1. The Kier molecular flexibility index (Phi) is 3.85. The Hall–Kier alpha value is -0.570. The summed E-state index contributed by atoms with van der Waals surface area (Å²) < 4.78 is 0. The Balaban J connectivity index is 1.82. The number of hydrogen-bond donors (Lipinski definition) is 1. The highest BCUT2D eigenvalue weighted by Crippen LogP contribution is 2.49. The van der Waals surface area contributed by atoms with E-state index in [2.05, 4.69) is 0 Å². The summed E-state index contributed by atoms with van der Waals surface area (Å²) in [5.74, 6) is 2.79. The van der Waals surface area contributed by atoms with E-state index in [4.69, 9.17) is 5.73 Å². The highest BCUT2D eigenvalue weighted by molar-refractivity contribution is 5.76. The van der Waals surface area contributed by atoms with Gasteiger partial charge in [0, 0.05) is 26.1 Å². The van der Waals surface area contributed by atoms with Gasteiger partial charge < -0.3 is 10.6 Å². The van der Waals surface area contributed by atoms with E-state index >= 15 is 0 Å². The van der Waals surface area contributed by atoms with Crippen molar-refractivity contribution >= 4 is 5.91 Å². The van der Waals surface area contributed by atoms with Crippen molar-refractivity contribution in [3.63, 3.8) is 0 Å². The smallest absolute Gasteiger partial charge is 0.222 e. The SMILES string of the molecule is CCN(CCN)C(=O)CC1CC2CCC1C2. The molecule has 0 aromatic carbocycles. The fourth-order valence-corrected chi connectivity index (χ4v) is 3.59. The van der Waals surface area contributed by atoms with Crippen molar-refractivity contribution in [3.8, 4) is 0 Å². The minimum absolute atomic E-state index is 0.325. The molecule has 2 N–H and O–H groups in total. The molecular formula is C13H24N2O. The van der Waals surface area contributed by atoms with Gasteiger partial charge >= 0.3 is 0 Å². The van der Waals surface area contributed by atoms with Gasteiger partial charge in [-0.3, -0.25) is 4.79 Å². The number of nitrogens with two attached hydrogens (primary N) is 1. The lowest BCUT2D eigenvalue weighted by molar-refractivity contribution is -0.132. The first kappa shape index (κ1) is 11.9. The molecule has 0 aromatic heterocycles. The van der Waals surface area contributed by atoms with Crippen LogP contribution in [-0.2, 0) is 4.79 Å². The van der Waals surface area contributed by atoms with Crippen LogP contribution in [0.25, 0.3) is 0 Å². The normalized spacial score (nSPS) is 32.0. The third-order valence-electron chi connectivity index (χ3n) is 4.45. The van der Waals surface area contributed by atoms with Crippen LogP contribution in [-0.4, -0.2) is 30.4 Å². The fourth-order valence-electron chi connectivity index (χ4n) is 3.59. The first-order valence-electron chi connectivity index (χ1n) is 6.72. The Labute approximate surface area is 98.4 Å². The molecule has 0 spiro atoms. The minimum Gasteiger partial charge on any atom is -0.342 e. The van der Waals surface area contributed by atoms with E-state index in [1.54, 1.807) is 0 Å². The van der Waals surface area contributed by atoms with Crippen LogP contribution in [0, 0.1) is 17.8 Å². The molecule has 0 aromatic rings. The summed E-state index contributed by atoms with van der Waals surface area (Å²) in [5.41, 5.74) is 5.52. The van der Waals surface area contributed by atoms with Gasteiger partial charge in [0.1, 0.15) is 0 Å². The topological polar surface area (TPSA) is 46.3 Å². The van der Waals surface area contributed by atoms with Crippen LogP contribution < -0.4 is 5.73 Å². The van der Waals surface area contributed by atoms with Crippen molar-refractivity contribution in [1.82, 2.24) is 4.90 Å². The molecule has 2 bridgehead atoms. The van der Waals surface area contributed by atoms with Crippen molar-refractivity contribution in [2.24, 2.45) is 23.5 Å². The lowest BCUT2D eigenvalue weighted by Crippen LogP contribution is -2.36. The van der Waals surface area contributed by atoms with E-state index < -0.39 is 0 Å². The Morgan fingerprint density at radius 2 is 2.19 bits per heavy atom. The van der Waals surface area contributed by atoms with Crippen LogP contribution in [0.2, 0.25) is 0 Å². The Morgan fingerprint density at radius 1 is 1.38 bits per heavy atom. The summed E-state index contributed by atoms with van der Waals surface area (Å²) in [6.07, 6.45) is 6.24. The van der Waals surface area contributed by atoms with Gasteiger partial charge in [0.15, 0.2) is 0 Å². The van der Waals surface area contributed by atoms with E-state index in [0.29, 0.717) is 18.4 Å². The molecule has 16 heavy (non-hydrogen) atoms. The van der Waals surface area contributed by atoms with Crippen molar-refractivity contribution in [2.75, 3.05) is 19.6 Å². The van der Waals surface area contributed by atoms with E-state index in [0.717, 1.165) is 31.3 Å². The van der Waals surface area contributed by atoms with Gasteiger partial charge in [-0.15, -0.1) is 0 Å². The third-order valence-corrected chi connectivity index (χ3v) is 4.45. The fraction of sp³-hybridized carbons (Fsp3) is 0.923. The number of carbonyl (C=O) groups is 1. The van der Waals surface area contributed by atoms with Gasteiger partial charge in [0.05, 0.1) is 0 Å². The monoisotopic (exact) mass is 224 g/mol. The van der Waals surface area contributed by atoms with Crippen LogP contribution in [0.3, 0.4) is 0 Å². The van der Waals surface area contributed by atoms with Crippen molar-refractivity contribution in [1.29, 1.82) is 0 Å². The quantitative estimate of drug-likeness (QED) is 0.771. The second-order valence-electron chi connectivity index (χ2n) is 5.40. The molecular weight excluding hydrogens is 200 g/mol. The van der Waals surface area contributed by atoms with Crippen molar-refractivity contribution in [3.05, 3.63) is 0 Å². The van der Waals surface area contributed by atoms with Crippen LogP contribution in [0.4, 0.5) is 0 Å². The highest BCUT2D eigenvalue weighted by Gasteiger charge is 2.40. The zero-order valence-corrected chi connectivity index (χ0v) is 10.3. The molecule has 3 nitrogen and oxygen atoms in total. The van der Waals surface area contributed by atoms with E-state index in [-0.39, 0.29) is 0 Å². The minimum atomic E-state index is 0.325. The number of likely N-dealkylation sites (N-methyl/N-ethyl adjacent to an activating group) is 1. The first-order valence-corrected chi connectivity index (χ1v) is 6.72. The summed E-state index contributed by atoms with van der Waals surface area (Å²) in [6, 6.07) is 0. The molecule has 0 radical (unpaired) electrons. The van der Waals surface area contributed by atoms with Gasteiger partial charge in [-0.05, 0) is 43.9 Å². The maximum absolute atomic E-state index is 12.1. The molecule has 2 saturated carbocycles. The zero-order chi connectivity index (χ0) is 11.5. The maximum atomic E-state index is 12.1. The van der Waals surface area contributed by atoms with Gasteiger partial charge in [-0.2, -0.15) is 0 Å². The number of carbonyl (C=O) groups excluding carboxylic acids is 1. The Bertz CT molecular complexity index is 254. The Morgan fingerprint density at radius 3 is 2.69 bits per heavy atom. The summed E-state index contributed by atoms with van der Waals surface area (Å²) in [5, 5.41) is 0. The third kappa shape index (κ3) is 2.40. The molecule has 3 unspecified atom stereocenters. The molecule has 0 aliphatic heterocycles. The molecule has 3 atom stereocenters. The van der Waals surface area contributed by atoms with Crippen LogP contribution in [0.15, 0.2) is 0 Å². The second-order valence-corrected chi connectivity index (χ2v) is 5.40. The summed E-state index contributed by atoms with van der Waals surface area (Å²) >= 11 is 0. The van der Waals surface area contributed by atoms with Crippen molar-refractivity contribution < 1.29 is 4.79 Å². The van der Waals surface area contributed by atoms with Crippen LogP contribution in [0.1, 0.15) is 39.0 Å². The molecule has 2 fully saturated rings. The highest BCUT2D eigenvalue weighted by atomic mass is 16.2. The predicted molar refractivity (Wildman–Crippen MR) is 64.9 cm³/mol. The molecule has 92 valence electrons. The molecule has 0 heterocycles. The predicted octanol–water partition coefficient (Wildman–Crippen LogP) is 1.62. The van der Waals surface area contributed by atoms with Crippen LogP contribution in [0.5, 0.6) is 0 Å². The first-order chi connectivity index (χ1) is 7.74. The number of rotatable bonds is 5. The average molecular weight is 224 g/mol. The van der Waals surface area contributed by atoms with Gasteiger partial charge in [-0.25, -0.2) is 0 Å². The van der Waals surface area contributed by atoms with Gasteiger partial charge in [-0.1, -0.05) is 6.42 Å². The summed E-state index contributed by atoms with van der Waals surface area (Å²) in [4.78, 5) is 14.0. The van der Waals surface area contributed by atoms with Crippen LogP contribution >= 0.6 is 0 Å². The number of amides is 1. The zero-order valence-electron chi connectivity index (χ0n) is 10.3. The van der Waals surface area contributed by atoms with E-state index in [1.807, 2.05) is 11.8 Å². The molecule has 2 aliphatic carbocycles. The molecule has 2 rings (SSSR count). The maximum Gasteiger partial charge on any atom is 0.222 e. The molecule has 2 aliphatic rings. The summed E-state index contributed by atoms with van der Waals surface area (Å²) in [7, 11) is 0. The van der Waals surface area contributed by atoms with E-state index in [9.17, 15) is 4.79 Å². The lowest BCUT2D eigenvalue weighted by Gasteiger charge is -2.25. The van der Waals surface area contributed by atoms with Gasteiger partial charge in [0.2, 0.25) is 5.91 Å². The second kappa shape index (κ2) is 5.17. The van der Waals surface area contributed by atoms with E-state index in [1.165, 1.54) is 25.7 Å². The largest absolute Gasteiger partial charge is 0.342 e. The molecule has 0 saturated heterocycles. The molecule has 3 heteroatoms. The average Bonchev–Trinajstić information content (AvgIpc) is 2.87. The number of fused-ring (bicyclic) bond motifs is 2. The molecule has 1 amide bonds. The lowest BCUT2D eigenvalue weighted by atomic mass is 9.86. The van der Waals surface area contributed by atoms with Crippen molar-refractivity contribution in [2.45, 2.75) is 39.0 Å². The van der Waals surface area contributed by atoms with Gasteiger partial charge in [0.25, 0.3) is 0 Å².